The number of hydrogen-bond acceptors (Lipinski definition) is 3. The van der Waals surface area contributed by atoms with E-state index >= 15 is 0 Å². The van der Waals surface area contributed by atoms with Gasteiger partial charge in [0.2, 0.25) is 0 Å². The molecule has 22 heavy (non-hydrogen) atoms. The van der Waals surface area contributed by atoms with Crippen LogP contribution in [0, 0.1) is 0 Å². The Labute approximate surface area is 129 Å². The third kappa shape index (κ3) is 3.85. The van der Waals surface area contributed by atoms with Crippen molar-refractivity contribution in [1.82, 2.24) is 20.0 Å². The molecule has 1 saturated heterocycles. The standard InChI is InChI=1S/C16H20N4O2/c21-16(19-8-10-22-11-9-19)17-12-14-2-4-15(5-3-14)13-20-7-1-6-18-20/h1-7H,8-13H2,(H,17,21). The van der Waals surface area contributed by atoms with Crippen LogP contribution in [0.5, 0.6) is 0 Å². The van der Waals surface area contributed by atoms with Crippen LogP contribution < -0.4 is 5.32 Å². The lowest BCUT2D eigenvalue weighted by Crippen LogP contribution is -2.45. The van der Waals surface area contributed by atoms with E-state index in [0.29, 0.717) is 32.8 Å². The number of amides is 2. The maximum Gasteiger partial charge on any atom is 0.317 e. The number of nitrogens with one attached hydrogen (secondary N) is 1. The molecule has 0 bridgehead atoms. The topological polar surface area (TPSA) is 59.4 Å². The quantitative estimate of drug-likeness (QED) is 0.930. The minimum Gasteiger partial charge on any atom is -0.378 e. The van der Waals surface area contributed by atoms with E-state index in [2.05, 4.69) is 22.5 Å². The monoisotopic (exact) mass is 300 g/mol. The maximum atomic E-state index is 12.0. The molecular weight excluding hydrogens is 280 g/mol. The number of morpholine rings is 1. The summed E-state index contributed by atoms with van der Waals surface area (Å²) in [6.07, 6.45) is 3.71. The number of urea groups is 1. The summed E-state index contributed by atoms with van der Waals surface area (Å²) in [6, 6.07) is 10.1. The molecule has 6 heteroatoms. The van der Waals surface area contributed by atoms with Crippen LogP contribution in [0.15, 0.2) is 42.7 Å². The first-order valence-corrected chi connectivity index (χ1v) is 7.47. The molecule has 2 amide bonds. The van der Waals surface area contributed by atoms with Gasteiger partial charge in [0.1, 0.15) is 0 Å². The van der Waals surface area contributed by atoms with Crippen LogP contribution in [-0.4, -0.2) is 47.0 Å². The van der Waals surface area contributed by atoms with Gasteiger partial charge in [-0.3, -0.25) is 4.68 Å². The van der Waals surface area contributed by atoms with Crippen LogP contribution in [0.1, 0.15) is 11.1 Å². The molecule has 1 aliphatic heterocycles. The highest BCUT2D eigenvalue weighted by Gasteiger charge is 2.15. The Morgan fingerprint density at radius 2 is 1.91 bits per heavy atom. The van der Waals surface area contributed by atoms with Crippen LogP contribution >= 0.6 is 0 Å². The normalized spacial score (nSPS) is 14.8. The minimum absolute atomic E-state index is 0.0242. The van der Waals surface area contributed by atoms with Crippen molar-refractivity contribution in [3.05, 3.63) is 53.9 Å². The third-order valence-corrected chi connectivity index (χ3v) is 3.67. The van der Waals surface area contributed by atoms with E-state index in [1.807, 2.05) is 29.1 Å². The molecule has 1 aliphatic rings. The van der Waals surface area contributed by atoms with Gasteiger partial charge in [-0.15, -0.1) is 0 Å². The van der Waals surface area contributed by atoms with Gasteiger partial charge in [-0.1, -0.05) is 24.3 Å². The van der Waals surface area contributed by atoms with Crippen molar-refractivity contribution in [3.8, 4) is 0 Å². The van der Waals surface area contributed by atoms with Crippen molar-refractivity contribution in [2.45, 2.75) is 13.1 Å². The van der Waals surface area contributed by atoms with Crippen molar-refractivity contribution in [2.75, 3.05) is 26.3 Å². The Bertz CT molecular complexity index is 589. The molecule has 0 atom stereocenters. The molecule has 0 aliphatic carbocycles. The lowest BCUT2D eigenvalue weighted by Gasteiger charge is -2.26. The molecule has 0 unspecified atom stereocenters. The fourth-order valence-electron chi connectivity index (χ4n) is 2.40. The zero-order chi connectivity index (χ0) is 15.2. The number of nitrogens with zero attached hydrogens (tertiary/aromatic N) is 3. The molecule has 2 aromatic rings. The molecule has 1 aromatic heterocycles. The van der Waals surface area contributed by atoms with Crippen LogP contribution in [0.2, 0.25) is 0 Å². The van der Waals surface area contributed by atoms with E-state index in [4.69, 9.17) is 4.74 Å². The van der Waals surface area contributed by atoms with Crippen LogP contribution in [0.4, 0.5) is 4.79 Å². The SMILES string of the molecule is O=C(NCc1ccc(Cn2cccn2)cc1)N1CCOCC1. The van der Waals surface area contributed by atoms with Crippen LogP contribution in [0.25, 0.3) is 0 Å². The summed E-state index contributed by atoms with van der Waals surface area (Å²) in [5.74, 6) is 0. The molecule has 1 N–H and O–H groups in total. The fourth-order valence-corrected chi connectivity index (χ4v) is 2.40. The Hall–Kier alpha value is -2.34. The molecule has 116 valence electrons. The predicted molar refractivity (Wildman–Crippen MR) is 82.4 cm³/mol. The van der Waals surface area contributed by atoms with Gasteiger partial charge >= 0.3 is 6.03 Å². The molecule has 2 heterocycles. The average molecular weight is 300 g/mol. The Kier molecular flexibility index (Phi) is 4.70. The van der Waals surface area contributed by atoms with Crippen LogP contribution in [-0.2, 0) is 17.8 Å². The lowest BCUT2D eigenvalue weighted by atomic mass is 10.1. The molecule has 1 aromatic carbocycles. The summed E-state index contributed by atoms with van der Waals surface area (Å²) in [5, 5.41) is 7.14. The number of benzene rings is 1. The number of carbonyl (C=O) groups excluding carboxylic acids is 1. The van der Waals surface area contributed by atoms with Crippen LogP contribution in [0.3, 0.4) is 0 Å². The number of hydrogen-bond donors (Lipinski definition) is 1. The average Bonchev–Trinajstić information content (AvgIpc) is 3.08. The molecule has 3 rings (SSSR count). The van der Waals surface area contributed by atoms with Gasteiger partial charge in [0.25, 0.3) is 0 Å². The highest BCUT2D eigenvalue weighted by atomic mass is 16.5. The minimum atomic E-state index is -0.0242. The molecular formula is C16H20N4O2. The third-order valence-electron chi connectivity index (χ3n) is 3.67. The van der Waals surface area contributed by atoms with Gasteiger partial charge in [0.05, 0.1) is 19.8 Å². The first kappa shape index (κ1) is 14.6. The maximum absolute atomic E-state index is 12.0. The summed E-state index contributed by atoms with van der Waals surface area (Å²) >= 11 is 0. The van der Waals surface area contributed by atoms with Crippen molar-refractivity contribution in [2.24, 2.45) is 0 Å². The van der Waals surface area contributed by atoms with E-state index in [0.717, 1.165) is 12.1 Å². The number of aromatic nitrogens is 2. The molecule has 0 radical (unpaired) electrons. The second kappa shape index (κ2) is 7.09. The van der Waals surface area contributed by atoms with Gasteiger partial charge in [0, 0.05) is 32.0 Å². The predicted octanol–water partition coefficient (Wildman–Crippen LogP) is 1.47. The van der Waals surface area contributed by atoms with Gasteiger partial charge < -0.3 is 15.0 Å². The highest BCUT2D eigenvalue weighted by molar-refractivity contribution is 5.74. The fraction of sp³-hybridized carbons (Fsp3) is 0.375. The second-order valence-corrected chi connectivity index (χ2v) is 5.28. The number of ether oxygens (including phenoxy) is 1. The second-order valence-electron chi connectivity index (χ2n) is 5.28. The van der Waals surface area contributed by atoms with Gasteiger partial charge in [-0.2, -0.15) is 5.10 Å². The van der Waals surface area contributed by atoms with E-state index in [-0.39, 0.29) is 6.03 Å². The van der Waals surface area contributed by atoms with E-state index in [1.54, 1.807) is 11.1 Å². The van der Waals surface area contributed by atoms with E-state index in [9.17, 15) is 4.79 Å². The first-order chi connectivity index (χ1) is 10.8. The van der Waals surface area contributed by atoms with E-state index < -0.39 is 0 Å². The van der Waals surface area contributed by atoms with Crippen molar-refractivity contribution in [3.63, 3.8) is 0 Å². The zero-order valence-corrected chi connectivity index (χ0v) is 12.4. The summed E-state index contributed by atoms with van der Waals surface area (Å²) in [4.78, 5) is 13.8. The molecule has 1 fully saturated rings. The Balaban J connectivity index is 1.49. The van der Waals surface area contributed by atoms with Crippen molar-refractivity contribution >= 4 is 6.03 Å². The summed E-state index contributed by atoms with van der Waals surface area (Å²) in [7, 11) is 0. The largest absolute Gasteiger partial charge is 0.378 e. The number of rotatable bonds is 4. The first-order valence-electron chi connectivity index (χ1n) is 7.47. The zero-order valence-electron chi connectivity index (χ0n) is 12.4. The van der Waals surface area contributed by atoms with Gasteiger partial charge in [0.15, 0.2) is 0 Å². The summed E-state index contributed by atoms with van der Waals surface area (Å²) < 4.78 is 7.12. The molecule has 0 spiro atoms. The molecule has 0 saturated carbocycles. The smallest absolute Gasteiger partial charge is 0.317 e. The van der Waals surface area contributed by atoms with Gasteiger partial charge in [-0.25, -0.2) is 4.79 Å². The summed E-state index contributed by atoms with van der Waals surface area (Å²) in [6.45, 7) is 3.86. The van der Waals surface area contributed by atoms with Crippen molar-refractivity contribution in [1.29, 1.82) is 0 Å². The Morgan fingerprint density at radius 3 is 2.59 bits per heavy atom. The highest BCUT2D eigenvalue weighted by Crippen LogP contribution is 2.06. The Morgan fingerprint density at radius 1 is 1.18 bits per heavy atom. The number of carbonyl (C=O) groups is 1. The van der Waals surface area contributed by atoms with E-state index in [1.165, 1.54) is 5.56 Å². The molecule has 6 nitrogen and oxygen atoms in total. The van der Waals surface area contributed by atoms with Gasteiger partial charge in [-0.05, 0) is 17.2 Å². The van der Waals surface area contributed by atoms with Crippen molar-refractivity contribution < 1.29 is 9.53 Å². The summed E-state index contributed by atoms with van der Waals surface area (Å²) in [5.41, 5.74) is 2.28. The lowest BCUT2D eigenvalue weighted by molar-refractivity contribution is 0.0531.